The third-order valence-electron chi connectivity index (χ3n) is 6.22. The summed E-state index contributed by atoms with van der Waals surface area (Å²) >= 11 is 0. The number of rotatable bonds is 5. The molecule has 2 aromatic heterocycles. The van der Waals surface area contributed by atoms with Crippen molar-refractivity contribution >= 4 is 11.8 Å². The molecule has 176 valence electrons. The van der Waals surface area contributed by atoms with Gasteiger partial charge in [-0.1, -0.05) is 18.2 Å². The summed E-state index contributed by atoms with van der Waals surface area (Å²) in [6.07, 6.45) is 4.60. The van der Waals surface area contributed by atoms with Gasteiger partial charge in [0.1, 0.15) is 0 Å². The molecule has 0 spiro atoms. The Morgan fingerprint density at radius 2 is 1.66 bits per heavy atom. The largest absolute Gasteiger partial charge is 0.416 e. The Bertz CT molecular complexity index is 1330. The number of hydrogen-bond donors (Lipinski definition) is 1. The number of aromatic nitrogens is 3. The number of nitrogens with one attached hydrogen (secondary N) is 1. The predicted octanol–water partition coefficient (Wildman–Crippen LogP) is 4.14. The lowest BCUT2D eigenvalue weighted by molar-refractivity contribution is 0.0698. The van der Waals surface area contributed by atoms with Crippen LogP contribution < -0.4 is 5.32 Å². The molecular weight excluding hydrogens is 442 g/mol. The minimum atomic E-state index is -0.134. The Morgan fingerprint density at radius 1 is 0.914 bits per heavy atom. The predicted molar refractivity (Wildman–Crippen MR) is 131 cm³/mol. The standard InChI is InChI=1S/C27H25N5O3/c1-18-5-2-3-7-23(18)26-31-30-25(35-26)19-8-10-20(11-9-19)27(34)32-15-12-22(13-16-32)29-24(33)21-6-4-14-28-17-21/h2-11,14,17,22H,12-13,15-16H2,1H3,(H,29,33). The summed E-state index contributed by atoms with van der Waals surface area (Å²) in [7, 11) is 0. The van der Waals surface area contributed by atoms with Crippen molar-refractivity contribution in [3.05, 3.63) is 89.7 Å². The zero-order chi connectivity index (χ0) is 24.2. The van der Waals surface area contributed by atoms with Gasteiger partial charge in [0.2, 0.25) is 11.8 Å². The Hall–Kier alpha value is -4.33. The van der Waals surface area contributed by atoms with Gasteiger partial charge in [0, 0.05) is 48.2 Å². The van der Waals surface area contributed by atoms with Crippen LogP contribution in [0.1, 0.15) is 39.1 Å². The first kappa shape index (κ1) is 22.5. The molecule has 0 radical (unpaired) electrons. The Kier molecular flexibility index (Phi) is 6.34. The lowest BCUT2D eigenvalue weighted by Crippen LogP contribution is -2.46. The summed E-state index contributed by atoms with van der Waals surface area (Å²) in [5.41, 5.74) is 3.86. The maximum atomic E-state index is 13.0. The van der Waals surface area contributed by atoms with E-state index in [0.717, 1.165) is 16.7 Å². The van der Waals surface area contributed by atoms with Crippen LogP contribution in [0.15, 0.2) is 77.5 Å². The van der Waals surface area contributed by atoms with Crippen molar-refractivity contribution in [2.24, 2.45) is 0 Å². The highest BCUT2D eigenvalue weighted by Gasteiger charge is 2.25. The highest BCUT2D eigenvalue weighted by atomic mass is 16.4. The Morgan fingerprint density at radius 3 is 2.37 bits per heavy atom. The van der Waals surface area contributed by atoms with Gasteiger partial charge in [-0.25, -0.2) is 0 Å². The van der Waals surface area contributed by atoms with Crippen LogP contribution in [0.5, 0.6) is 0 Å². The summed E-state index contributed by atoms with van der Waals surface area (Å²) in [5.74, 6) is 0.717. The fourth-order valence-corrected chi connectivity index (χ4v) is 4.19. The van der Waals surface area contributed by atoms with Crippen molar-refractivity contribution in [3.63, 3.8) is 0 Å². The second-order valence-corrected chi connectivity index (χ2v) is 8.59. The molecule has 2 aromatic carbocycles. The van der Waals surface area contributed by atoms with E-state index in [1.807, 2.05) is 48.2 Å². The van der Waals surface area contributed by atoms with Crippen molar-refractivity contribution in [1.82, 2.24) is 25.4 Å². The van der Waals surface area contributed by atoms with E-state index >= 15 is 0 Å². The fraction of sp³-hybridized carbons (Fsp3) is 0.222. The smallest absolute Gasteiger partial charge is 0.253 e. The first-order chi connectivity index (χ1) is 17.1. The minimum Gasteiger partial charge on any atom is -0.416 e. The minimum absolute atomic E-state index is 0.0280. The van der Waals surface area contributed by atoms with Gasteiger partial charge in [-0.15, -0.1) is 10.2 Å². The average molecular weight is 468 g/mol. The molecule has 8 nitrogen and oxygen atoms in total. The number of benzene rings is 2. The van der Waals surface area contributed by atoms with Gasteiger partial charge in [0.15, 0.2) is 0 Å². The van der Waals surface area contributed by atoms with Crippen molar-refractivity contribution in [3.8, 4) is 22.9 Å². The zero-order valence-electron chi connectivity index (χ0n) is 19.3. The van der Waals surface area contributed by atoms with E-state index in [1.165, 1.54) is 0 Å². The van der Waals surface area contributed by atoms with Gasteiger partial charge >= 0.3 is 0 Å². The van der Waals surface area contributed by atoms with Crippen LogP contribution >= 0.6 is 0 Å². The lowest BCUT2D eigenvalue weighted by atomic mass is 10.0. The number of pyridine rings is 1. The van der Waals surface area contributed by atoms with Crippen LogP contribution in [-0.2, 0) is 0 Å². The number of piperidine rings is 1. The second kappa shape index (κ2) is 9.89. The third-order valence-corrected chi connectivity index (χ3v) is 6.22. The highest BCUT2D eigenvalue weighted by molar-refractivity contribution is 5.95. The normalized spacial score (nSPS) is 14.0. The van der Waals surface area contributed by atoms with Crippen molar-refractivity contribution in [2.45, 2.75) is 25.8 Å². The molecule has 0 unspecified atom stereocenters. The average Bonchev–Trinajstić information content (AvgIpc) is 3.40. The monoisotopic (exact) mass is 467 g/mol. The number of carbonyl (C=O) groups excluding carboxylic acids is 2. The van der Waals surface area contributed by atoms with E-state index < -0.39 is 0 Å². The van der Waals surface area contributed by atoms with E-state index in [1.54, 1.807) is 36.7 Å². The zero-order valence-corrected chi connectivity index (χ0v) is 19.3. The van der Waals surface area contributed by atoms with Crippen molar-refractivity contribution < 1.29 is 14.0 Å². The number of carbonyl (C=O) groups is 2. The summed E-state index contributed by atoms with van der Waals surface area (Å²) in [6.45, 7) is 3.17. The van der Waals surface area contributed by atoms with E-state index in [-0.39, 0.29) is 17.9 Å². The van der Waals surface area contributed by atoms with Crippen LogP contribution in [0.2, 0.25) is 0 Å². The molecule has 5 rings (SSSR count). The molecule has 0 bridgehead atoms. The van der Waals surface area contributed by atoms with Crippen LogP contribution in [0.25, 0.3) is 22.9 Å². The van der Waals surface area contributed by atoms with Gasteiger partial charge < -0.3 is 14.6 Å². The maximum Gasteiger partial charge on any atom is 0.253 e. The molecule has 0 saturated carbocycles. The number of hydrogen-bond acceptors (Lipinski definition) is 6. The number of likely N-dealkylation sites (tertiary alicyclic amines) is 1. The van der Waals surface area contributed by atoms with Crippen LogP contribution in [0.3, 0.4) is 0 Å². The molecule has 35 heavy (non-hydrogen) atoms. The molecule has 1 saturated heterocycles. The van der Waals surface area contributed by atoms with Crippen molar-refractivity contribution in [2.75, 3.05) is 13.1 Å². The van der Waals surface area contributed by atoms with Gasteiger partial charge in [-0.2, -0.15) is 0 Å². The van der Waals surface area contributed by atoms with Crippen molar-refractivity contribution in [1.29, 1.82) is 0 Å². The highest BCUT2D eigenvalue weighted by Crippen LogP contribution is 2.26. The van der Waals surface area contributed by atoms with Gasteiger partial charge in [-0.3, -0.25) is 14.6 Å². The SMILES string of the molecule is Cc1ccccc1-c1nnc(-c2ccc(C(=O)N3CCC(NC(=O)c4cccnc4)CC3)cc2)o1. The van der Waals surface area contributed by atoms with Crippen LogP contribution in [-0.4, -0.2) is 51.0 Å². The third kappa shape index (κ3) is 4.96. The maximum absolute atomic E-state index is 13.0. The molecule has 8 heteroatoms. The van der Waals surface area contributed by atoms with Gasteiger partial charge in [0.05, 0.1) is 5.56 Å². The molecule has 0 aliphatic carbocycles. The molecule has 0 atom stereocenters. The summed E-state index contributed by atoms with van der Waals surface area (Å²) in [6, 6.07) is 18.6. The number of amides is 2. The molecule has 1 fully saturated rings. The molecule has 1 aliphatic heterocycles. The van der Waals surface area contributed by atoms with E-state index in [4.69, 9.17) is 4.42 Å². The first-order valence-corrected chi connectivity index (χ1v) is 11.6. The molecule has 1 N–H and O–H groups in total. The van der Waals surface area contributed by atoms with E-state index in [0.29, 0.717) is 48.8 Å². The quantitative estimate of drug-likeness (QED) is 0.473. The van der Waals surface area contributed by atoms with E-state index in [2.05, 4.69) is 20.5 Å². The Balaban J connectivity index is 1.19. The summed E-state index contributed by atoms with van der Waals surface area (Å²) < 4.78 is 5.87. The summed E-state index contributed by atoms with van der Waals surface area (Å²) in [5, 5.41) is 11.4. The molecular formula is C27H25N5O3. The van der Waals surface area contributed by atoms with Gasteiger partial charge in [-0.05, 0) is 67.8 Å². The van der Waals surface area contributed by atoms with E-state index in [9.17, 15) is 9.59 Å². The lowest BCUT2D eigenvalue weighted by Gasteiger charge is -2.32. The number of aryl methyl sites for hydroxylation is 1. The topological polar surface area (TPSA) is 101 Å². The summed E-state index contributed by atoms with van der Waals surface area (Å²) in [4.78, 5) is 31.2. The van der Waals surface area contributed by atoms with Gasteiger partial charge in [0.25, 0.3) is 11.8 Å². The molecule has 3 heterocycles. The number of nitrogens with zero attached hydrogens (tertiary/aromatic N) is 4. The fourth-order valence-electron chi connectivity index (χ4n) is 4.19. The van der Waals surface area contributed by atoms with Crippen LogP contribution in [0.4, 0.5) is 0 Å². The molecule has 4 aromatic rings. The first-order valence-electron chi connectivity index (χ1n) is 11.6. The van der Waals surface area contributed by atoms with Crippen LogP contribution in [0, 0.1) is 6.92 Å². The Labute approximate surface area is 203 Å². The second-order valence-electron chi connectivity index (χ2n) is 8.59. The molecule has 1 aliphatic rings. The molecule has 2 amide bonds.